The number of hydrogen-bond donors (Lipinski definition) is 1. The first-order valence-electron chi connectivity index (χ1n) is 5.68. The van der Waals surface area contributed by atoms with E-state index in [2.05, 4.69) is 51.4 Å². The van der Waals surface area contributed by atoms with Crippen molar-refractivity contribution < 1.29 is 0 Å². The highest BCUT2D eigenvalue weighted by Crippen LogP contribution is 2.20. The third-order valence-corrected chi connectivity index (χ3v) is 3.84. The topological polar surface area (TPSA) is 24.9 Å². The Bertz CT molecular complexity index is 570. The standard InChI is InChI=1S/C14H14BrClN2/c1-9-3-4-11(7-12(9)15)8-17-13-5-6-14(16)18-10(13)2/h3-7,17H,8H2,1-2H3. The van der Waals surface area contributed by atoms with E-state index in [0.717, 1.165) is 22.4 Å². The van der Waals surface area contributed by atoms with Crippen LogP contribution >= 0.6 is 27.5 Å². The van der Waals surface area contributed by atoms with Crippen molar-refractivity contribution in [3.63, 3.8) is 0 Å². The SMILES string of the molecule is Cc1ccc(CNc2ccc(Cl)nc2C)cc1Br. The molecule has 0 unspecified atom stereocenters. The van der Waals surface area contributed by atoms with E-state index in [4.69, 9.17) is 11.6 Å². The first-order valence-corrected chi connectivity index (χ1v) is 6.85. The van der Waals surface area contributed by atoms with Gasteiger partial charge in [-0.2, -0.15) is 0 Å². The van der Waals surface area contributed by atoms with Crippen molar-refractivity contribution in [1.82, 2.24) is 4.98 Å². The fourth-order valence-electron chi connectivity index (χ4n) is 1.66. The zero-order chi connectivity index (χ0) is 13.1. The predicted molar refractivity (Wildman–Crippen MR) is 80.2 cm³/mol. The molecule has 0 radical (unpaired) electrons. The Kier molecular flexibility index (Phi) is 4.25. The van der Waals surface area contributed by atoms with E-state index in [1.807, 2.05) is 13.0 Å². The van der Waals surface area contributed by atoms with Crippen LogP contribution in [0.3, 0.4) is 0 Å². The molecule has 0 saturated carbocycles. The predicted octanol–water partition coefficient (Wildman–Crippen LogP) is 4.73. The number of aromatic nitrogens is 1. The van der Waals surface area contributed by atoms with Crippen LogP contribution in [-0.2, 0) is 6.54 Å². The Labute approximate surface area is 121 Å². The second-order valence-electron chi connectivity index (χ2n) is 4.20. The van der Waals surface area contributed by atoms with Crippen LogP contribution in [0.4, 0.5) is 5.69 Å². The summed E-state index contributed by atoms with van der Waals surface area (Å²) in [7, 11) is 0. The van der Waals surface area contributed by atoms with Gasteiger partial charge in [-0.25, -0.2) is 4.98 Å². The van der Waals surface area contributed by atoms with Gasteiger partial charge in [0.25, 0.3) is 0 Å². The van der Waals surface area contributed by atoms with Crippen LogP contribution < -0.4 is 5.32 Å². The molecule has 0 amide bonds. The molecule has 4 heteroatoms. The summed E-state index contributed by atoms with van der Waals surface area (Å²) in [4.78, 5) is 4.21. The van der Waals surface area contributed by atoms with Crippen LogP contribution in [0.2, 0.25) is 5.15 Å². The minimum atomic E-state index is 0.524. The normalized spacial score (nSPS) is 10.4. The van der Waals surface area contributed by atoms with E-state index < -0.39 is 0 Å². The molecule has 0 spiro atoms. The summed E-state index contributed by atoms with van der Waals surface area (Å²) in [5.74, 6) is 0. The first-order chi connectivity index (χ1) is 8.56. The maximum atomic E-state index is 5.83. The molecule has 2 nitrogen and oxygen atoms in total. The molecule has 0 bridgehead atoms. The van der Waals surface area contributed by atoms with Gasteiger partial charge in [0.2, 0.25) is 0 Å². The van der Waals surface area contributed by atoms with Gasteiger partial charge in [0.1, 0.15) is 5.15 Å². The molecule has 0 aliphatic rings. The third-order valence-electron chi connectivity index (χ3n) is 2.77. The molecular formula is C14H14BrClN2. The molecule has 18 heavy (non-hydrogen) atoms. The Morgan fingerprint density at radius 2 is 2.00 bits per heavy atom. The van der Waals surface area contributed by atoms with Crippen molar-refractivity contribution in [1.29, 1.82) is 0 Å². The molecule has 0 aliphatic heterocycles. The highest BCUT2D eigenvalue weighted by atomic mass is 79.9. The summed E-state index contributed by atoms with van der Waals surface area (Å²) in [6.45, 7) is 4.79. The number of anilines is 1. The van der Waals surface area contributed by atoms with Gasteiger partial charge < -0.3 is 5.32 Å². The van der Waals surface area contributed by atoms with Crippen molar-refractivity contribution in [2.24, 2.45) is 0 Å². The quantitative estimate of drug-likeness (QED) is 0.825. The molecule has 1 N–H and O–H groups in total. The van der Waals surface area contributed by atoms with Crippen LogP contribution in [0, 0.1) is 13.8 Å². The molecule has 94 valence electrons. The molecule has 1 aromatic heterocycles. The minimum Gasteiger partial charge on any atom is -0.379 e. The molecule has 2 aromatic rings. The van der Waals surface area contributed by atoms with Crippen molar-refractivity contribution in [2.75, 3.05) is 5.32 Å². The van der Waals surface area contributed by atoms with Gasteiger partial charge in [0.05, 0.1) is 11.4 Å². The lowest BCUT2D eigenvalue weighted by Gasteiger charge is -2.10. The van der Waals surface area contributed by atoms with Crippen molar-refractivity contribution in [3.8, 4) is 0 Å². The Morgan fingerprint density at radius 3 is 2.67 bits per heavy atom. The molecule has 1 heterocycles. The van der Waals surface area contributed by atoms with Gasteiger partial charge in [0, 0.05) is 11.0 Å². The second-order valence-corrected chi connectivity index (χ2v) is 5.45. The molecule has 0 fully saturated rings. The van der Waals surface area contributed by atoms with Crippen molar-refractivity contribution in [2.45, 2.75) is 20.4 Å². The lowest BCUT2D eigenvalue weighted by Crippen LogP contribution is -2.02. The monoisotopic (exact) mass is 324 g/mol. The summed E-state index contributed by atoms with van der Waals surface area (Å²) in [5.41, 5.74) is 4.38. The highest BCUT2D eigenvalue weighted by molar-refractivity contribution is 9.10. The van der Waals surface area contributed by atoms with E-state index in [1.54, 1.807) is 6.07 Å². The Hall–Kier alpha value is -1.06. The van der Waals surface area contributed by atoms with Gasteiger partial charge in [-0.1, -0.05) is 39.7 Å². The van der Waals surface area contributed by atoms with Crippen LogP contribution in [-0.4, -0.2) is 4.98 Å². The van der Waals surface area contributed by atoms with Crippen LogP contribution in [0.15, 0.2) is 34.8 Å². The average Bonchev–Trinajstić information content (AvgIpc) is 2.32. The first kappa shape index (κ1) is 13.4. The molecule has 0 aliphatic carbocycles. The number of halogens is 2. The number of pyridine rings is 1. The van der Waals surface area contributed by atoms with Crippen LogP contribution in [0.1, 0.15) is 16.8 Å². The smallest absolute Gasteiger partial charge is 0.129 e. The number of hydrogen-bond acceptors (Lipinski definition) is 2. The summed E-state index contributed by atoms with van der Waals surface area (Å²) in [5, 5.41) is 3.89. The van der Waals surface area contributed by atoms with E-state index in [9.17, 15) is 0 Å². The van der Waals surface area contributed by atoms with E-state index in [-0.39, 0.29) is 0 Å². The molecule has 1 aromatic carbocycles. The summed E-state index contributed by atoms with van der Waals surface area (Å²) < 4.78 is 1.13. The Morgan fingerprint density at radius 1 is 1.22 bits per heavy atom. The number of nitrogens with one attached hydrogen (secondary N) is 1. The Balaban J connectivity index is 2.09. The minimum absolute atomic E-state index is 0.524. The lowest BCUT2D eigenvalue weighted by atomic mass is 10.1. The average molecular weight is 326 g/mol. The zero-order valence-corrected chi connectivity index (χ0v) is 12.6. The fraction of sp³-hybridized carbons (Fsp3) is 0.214. The molecule has 2 rings (SSSR count). The van der Waals surface area contributed by atoms with E-state index in [1.165, 1.54) is 11.1 Å². The van der Waals surface area contributed by atoms with E-state index >= 15 is 0 Å². The molecule has 0 saturated heterocycles. The largest absolute Gasteiger partial charge is 0.379 e. The zero-order valence-electron chi connectivity index (χ0n) is 10.3. The molecular weight excluding hydrogens is 312 g/mol. The summed E-state index contributed by atoms with van der Waals surface area (Å²) >= 11 is 9.37. The van der Waals surface area contributed by atoms with Gasteiger partial charge >= 0.3 is 0 Å². The third kappa shape index (κ3) is 3.24. The van der Waals surface area contributed by atoms with Gasteiger partial charge in [-0.15, -0.1) is 0 Å². The fourth-order valence-corrected chi connectivity index (χ4v) is 2.28. The molecule has 0 atom stereocenters. The maximum absolute atomic E-state index is 5.83. The van der Waals surface area contributed by atoms with Crippen molar-refractivity contribution >= 4 is 33.2 Å². The van der Waals surface area contributed by atoms with Gasteiger partial charge in [-0.3, -0.25) is 0 Å². The maximum Gasteiger partial charge on any atom is 0.129 e. The van der Waals surface area contributed by atoms with Crippen molar-refractivity contribution in [3.05, 3.63) is 56.8 Å². The summed E-state index contributed by atoms with van der Waals surface area (Å²) in [6, 6.07) is 10.1. The number of rotatable bonds is 3. The number of aryl methyl sites for hydroxylation is 2. The number of benzene rings is 1. The highest BCUT2D eigenvalue weighted by Gasteiger charge is 2.01. The number of nitrogens with zero attached hydrogens (tertiary/aromatic N) is 1. The van der Waals surface area contributed by atoms with E-state index in [0.29, 0.717) is 5.15 Å². The van der Waals surface area contributed by atoms with Gasteiger partial charge in [-0.05, 0) is 43.2 Å². The van der Waals surface area contributed by atoms with Crippen LogP contribution in [0.5, 0.6) is 0 Å². The second kappa shape index (κ2) is 5.72. The lowest BCUT2D eigenvalue weighted by molar-refractivity contribution is 1.10. The van der Waals surface area contributed by atoms with Crippen LogP contribution in [0.25, 0.3) is 0 Å². The summed E-state index contributed by atoms with van der Waals surface area (Å²) in [6.07, 6.45) is 0. The van der Waals surface area contributed by atoms with Gasteiger partial charge in [0.15, 0.2) is 0 Å².